The van der Waals surface area contributed by atoms with Crippen molar-refractivity contribution < 1.29 is 9.59 Å². The van der Waals surface area contributed by atoms with Crippen LogP contribution in [0.3, 0.4) is 0 Å². The van der Waals surface area contributed by atoms with Gasteiger partial charge in [-0.25, -0.2) is 0 Å². The van der Waals surface area contributed by atoms with Gasteiger partial charge in [0.1, 0.15) is 0 Å². The summed E-state index contributed by atoms with van der Waals surface area (Å²) in [6.45, 7) is 3.57. The highest BCUT2D eigenvalue weighted by Gasteiger charge is 2.17. The maximum absolute atomic E-state index is 12.5. The van der Waals surface area contributed by atoms with E-state index in [0.717, 1.165) is 25.9 Å². The summed E-state index contributed by atoms with van der Waals surface area (Å²) in [7, 11) is 0. The molecule has 0 saturated carbocycles. The number of benzene rings is 1. The van der Waals surface area contributed by atoms with E-state index in [1.165, 1.54) is 12.8 Å². The highest BCUT2D eigenvalue weighted by Crippen LogP contribution is 2.16. The molecule has 5 nitrogen and oxygen atoms in total. The number of anilines is 1. The summed E-state index contributed by atoms with van der Waals surface area (Å²) >= 11 is 0. The Morgan fingerprint density at radius 3 is 2.25 bits per heavy atom. The third-order valence-corrected chi connectivity index (χ3v) is 4.14. The van der Waals surface area contributed by atoms with Crippen LogP contribution in [0.25, 0.3) is 0 Å². The van der Waals surface area contributed by atoms with Crippen molar-refractivity contribution in [2.75, 3.05) is 18.4 Å². The molecule has 1 aliphatic heterocycles. The van der Waals surface area contributed by atoms with Gasteiger partial charge in [-0.1, -0.05) is 12.8 Å². The molecular weight excluding hydrogens is 326 g/mol. The Kier molecular flexibility index (Phi) is 8.79. The number of carbonyl (C=O) groups excluding carboxylic acids is 2. The summed E-state index contributed by atoms with van der Waals surface area (Å²) < 4.78 is 0. The Hall–Kier alpha value is -1.59. The van der Waals surface area contributed by atoms with Gasteiger partial charge in [0.05, 0.1) is 0 Å². The molecule has 1 saturated heterocycles. The molecule has 1 unspecified atom stereocenters. The van der Waals surface area contributed by atoms with Crippen LogP contribution in [-0.4, -0.2) is 35.8 Å². The fourth-order valence-electron chi connectivity index (χ4n) is 2.73. The molecule has 1 aromatic carbocycles. The molecule has 0 radical (unpaired) electrons. The molecule has 0 aromatic heterocycles. The fourth-order valence-corrected chi connectivity index (χ4v) is 2.73. The van der Waals surface area contributed by atoms with Crippen LogP contribution in [0.15, 0.2) is 24.3 Å². The predicted octanol–water partition coefficient (Wildman–Crippen LogP) is 3.19. The minimum Gasteiger partial charge on any atom is -0.339 e. The normalized spacial score (nSPS) is 15.8. The molecule has 24 heavy (non-hydrogen) atoms. The highest BCUT2D eigenvalue weighted by molar-refractivity contribution is 5.95. The van der Waals surface area contributed by atoms with Gasteiger partial charge in [0, 0.05) is 36.8 Å². The number of halogens is 1. The van der Waals surface area contributed by atoms with Gasteiger partial charge in [0.15, 0.2) is 0 Å². The number of likely N-dealkylation sites (tertiary alicyclic amines) is 1. The van der Waals surface area contributed by atoms with E-state index in [9.17, 15) is 9.59 Å². The molecule has 0 bridgehead atoms. The molecule has 0 spiro atoms. The summed E-state index contributed by atoms with van der Waals surface area (Å²) in [4.78, 5) is 26.2. The van der Waals surface area contributed by atoms with E-state index in [-0.39, 0.29) is 30.3 Å². The lowest BCUT2D eigenvalue weighted by Gasteiger charge is -2.20. The number of nitrogens with two attached hydrogens (primary N) is 1. The Labute approximate surface area is 150 Å². The van der Waals surface area contributed by atoms with Crippen molar-refractivity contribution in [3.8, 4) is 0 Å². The molecule has 2 rings (SSSR count). The lowest BCUT2D eigenvalue weighted by molar-refractivity contribution is -0.116. The zero-order valence-electron chi connectivity index (χ0n) is 14.3. The van der Waals surface area contributed by atoms with Crippen molar-refractivity contribution in [3.05, 3.63) is 29.8 Å². The van der Waals surface area contributed by atoms with Crippen LogP contribution in [-0.2, 0) is 4.79 Å². The van der Waals surface area contributed by atoms with Crippen LogP contribution in [0.4, 0.5) is 5.69 Å². The molecule has 1 aromatic rings. The predicted molar refractivity (Wildman–Crippen MR) is 99.6 cm³/mol. The number of carbonyl (C=O) groups is 2. The largest absolute Gasteiger partial charge is 0.339 e. The topological polar surface area (TPSA) is 75.4 Å². The Morgan fingerprint density at radius 2 is 1.71 bits per heavy atom. The van der Waals surface area contributed by atoms with Crippen molar-refractivity contribution in [3.63, 3.8) is 0 Å². The summed E-state index contributed by atoms with van der Waals surface area (Å²) in [6.07, 6.45) is 5.65. The minimum absolute atomic E-state index is 0. The maximum Gasteiger partial charge on any atom is 0.253 e. The molecule has 134 valence electrons. The summed E-state index contributed by atoms with van der Waals surface area (Å²) in [5, 5.41) is 2.83. The molecule has 1 atom stereocenters. The quantitative estimate of drug-likeness (QED) is 0.853. The Balaban J connectivity index is 0.00000288. The van der Waals surface area contributed by atoms with E-state index in [4.69, 9.17) is 5.73 Å². The second-order valence-corrected chi connectivity index (χ2v) is 6.35. The molecule has 2 amide bonds. The van der Waals surface area contributed by atoms with Crippen LogP contribution >= 0.6 is 12.4 Å². The number of nitrogens with one attached hydrogen (secondary N) is 1. The van der Waals surface area contributed by atoms with Gasteiger partial charge in [-0.05, 0) is 50.5 Å². The van der Waals surface area contributed by atoms with E-state index in [0.29, 0.717) is 24.1 Å². The van der Waals surface area contributed by atoms with Crippen molar-refractivity contribution in [1.29, 1.82) is 0 Å². The van der Waals surface area contributed by atoms with E-state index < -0.39 is 0 Å². The first-order valence-electron chi connectivity index (χ1n) is 8.51. The van der Waals surface area contributed by atoms with Crippen LogP contribution in [0.2, 0.25) is 0 Å². The van der Waals surface area contributed by atoms with Gasteiger partial charge in [-0.3, -0.25) is 9.59 Å². The number of nitrogens with zero attached hydrogens (tertiary/aromatic N) is 1. The maximum atomic E-state index is 12.5. The van der Waals surface area contributed by atoms with E-state index in [2.05, 4.69) is 5.32 Å². The van der Waals surface area contributed by atoms with Gasteiger partial charge >= 0.3 is 0 Å². The second kappa shape index (κ2) is 10.3. The zero-order valence-corrected chi connectivity index (χ0v) is 15.1. The first-order chi connectivity index (χ1) is 11.1. The Morgan fingerprint density at radius 1 is 1.12 bits per heavy atom. The highest BCUT2D eigenvalue weighted by atomic mass is 35.5. The Bertz CT molecular complexity index is 524. The minimum atomic E-state index is -0.0473. The van der Waals surface area contributed by atoms with Crippen molar-refractivity contribution in [1.82, 2.24) is 4.90 Å². The molecule has 1 aliphatic rings. The third-order valence-electron chi connectivity index (χ3n) is 4.14. The molecule has 3 N–H and O–H groups in total. The standard InChI is InChI=1S/C18H27N3O2.ClH/c1-14(19)6-11-17(22)20-16-9-7-15(8-10-16)18(23)21-12-4-2-3-5-13-21;/h7-10,14H,2-6,11-13,19H2,1H3,(H,20,22);1H. The van der Waals surface area contributed by atoms with Gasteiger partial charge in [-0.15, -0.1) is 12.4 Å². The smallest absolute Gasteiger partial charge is 0.253 e. The van der Waals surface area contributed by atoms with Crippen molar-refractivity contribution in [2.24, 2.45) is 5.73 Å². The second-order valence-electron chi connectivity index (χ2n) is 6.35. The van der Waals surface area contributed by atoms with Crippen LogP contribution in [0, 0.1) is 0 Å². The van der Waals surface area contributed by atoms with Crippen LogP contribution in [0.5, 0.6) is 0 Å². The molecular formula is C18H28ClN3O2. The number of hydrogen-bond donors (Lipinski definition) is 2. The van der Waals surface area contributed by atoms with Gasteiger partial charge < -0.3 is 16.0 Å². The van der Waals surface area contributed by atoms with Gasteiger partial charge in [0.2, 0.25) is 5.91 Å². The lowest BCUT2D eigenvalue weighted by Crippen LogP contribution is -2.31. The first kappa shape index (κ1) is 20.5. The van der Waals surface area contributed by atoms with E-state index >= 15 is 0 Å². The van der Waals surface area contributed by atoms with Crippen LogP contribution < -0.4 is 11.1 Å². The SMILES string of the molecule is CC(N)CCC(=O)Nc1ccc(C(=O)N2CCCCCC2)cc1.Cl. The molecule has 0 aliphatic carbocycles. The third kappa shape index (κ3) is 6.49. The van der Waals surface area contributed by atoms with Crippen LogP contribution in [0.1, 0.15) is 55.8 Å². The van der Waals surface area contributed by atoms with Crippen molar-refractivity contribution in [2.45, 2.75) is 51.5 Å². The van der Waals surface area contributed by atoms with Gasteiger partial charge in [0.25, 0.3) is 5.91 Å². The lowest BCUT2D eigenvalue weighted by atomic mass is 10.1. The summed E-state index contributed by atoms with van der Waals surface area (Å²) in [5.41, 5.74) is 7.04. The monoisotopic (exact) mass is 353 g/mol. The fraction of sp³-hybridized carbons (Fsp3) is 0.556. The molecule has 1 fully saturated rings. The first-order valence-corrected chi connectivity index (χ1v) is 8.51. The average Bonchev–Trinajstić information content (AvgIpc) is 2.82. The summed E-state index contributed by atoms with van der Waals surface area (Å²) in [6, 6.07) is 7.17. The van der Waals surface area contributed by atoms with E-state index in [1.807, 2.05) is 11.8 Å². The number of rotatable bonds is 5. The average molecular weight is 354 g/mol. The van der Waals surface area contributed by atoms with Crippen molar-refractivity contribution >= 4 is 29.9 Å². The molecule has 1 heterocycles. The van der Waals surface area contributed by atoms with E-state index in [1.54, 1.807) is 24.3 Å². The molecule has 6 heteroatoms. The number of amides is 2. The summed E-state index contributed by atoms with van der Waals surface area (Å²) in [5.74, 6) is 0.0376. The number of hydrogen-bond acceptors (Lipinski definition) is 3. The zero-order chi connectivity index (χ0) is 16.7. The van der Waals surface area contributed by atoms with Gasteiger partial charge in [-0.2, -0.15) is 0 Å².